The largest absolute Gasteiger partial charge is 0.192 e. The third-order valence-electron chi connectivity index (χ3n) is 3.45. The topological polar surface area (TPSA) is 23.8 Å². The Morgan fingerprint density at radius 2 is 2.05 bits per heavy atom. The number of allylic oxidation sites excluding steroid dienone is 1. The highest BCUT2D eigenvalue weighted by atomic mass is 35.5. The minimum Gasteiger partial charge on any atom is -0.192 e. The van der Waals surface area contributed by atoms with Crippen molar-refractivity contribution in [3.05, 3.63) is 57.3 Å². The second kappa shape index (κ2) is 5.21. The minimum absolute atomic E-state index is 0.555. The molecular weight excluding hydrogens is 274 g/mol. The van der Waals surface area contributed by atoms with Crippen molar-refractivity contribution < 1.29 is 0 Å². The van der Waals surface area contributed by atoms with E-state index < -0.39 is 0 Å². The van der Waals surface area contributed by atoms with E-state index in [-0.39, 0.29) is 0 Å². The Morgan fingerprint density at radius 3 is 2.79 bits per heavy atom. The van der Waals surface area contributed by atoms with Gasteiger partial charge in [-0.15, -0.1) is 11.3 Å². The highest BCUT2D eigenvalue weighted by Gasteiger charge is 2.15. The van der Waals surface area contributed by atoms with E-state index in [1.165, 1.54) is 28.9 Å². The zero-order chi connectivity index (χ0) is 13.2. The molecule has 0 amide bonds. The first kappa shape index (κ1) is 12.5. The molecule has 0 N–H and O–H groups in total. The molecule has 19 heavy (non-hydrogen) atoms. The van der Waals surface area contributed by atoms with Crippen molar-refractivity contribution in [1.82, 2.24) is 0 Å². The molecule has 1 aliphatic rings. The molecule has 0 bridgehead atoms. The molecule has 0 aliphatic heterocycles. The lowest BCUT2D eigenvalue weighted by atomic mass is 10.0. The summed E-state index contributed by atoms with van der Waals surface area (Å²) in [6.45, 7) is 0. The Hall–Kier alpha value is -1.56. The van der Waals surface area contributed by atoms with Crippen molar-refractivity contribution in [3.63, 3.8) is 0 Å². The van der Waals surface area contributed by atoms with Gasteiger partial charge in [0, 0.05) is 4.88 Å². The minimum atomic E-state index is 0.555. The first-order valence-electron chi connectivity index (χ1n) is 6.25. The van der Waals surface area contributed by atoms with E-state index in [0.29, 0.717) is 10.6 Å². The summed E-state index contributed by atoms with van der Waals surface area (Å²) in [5.41, 5.74) is 4.31. The number of halogens is 1. The number of benzene rings is 1. The second-order valence-corrected chi connectivity index (χ2v) is 5.94. The number of aryl methyl sites for hydroxylation is 2. The second-order valence-electron chi connectivity index (χ2n) is 4.62. The summed E-state index contributed by atoms with van der Waals surface area (Å²) in [6.07, 6.45) is 3.50. The Balaban J connectivity index is 2.08. The van der Waals surface area contributed by atoms with Crippen LogP contribution in [-0.2, 0) is 12.8 Å². The maximum absolute atomic E-state index is 9.34. The molecule has 1 heterocycles. The number of nitriles is 1. The van der Waals surface area contributed by atoms with E-state index in [0.717, 1.165) is 23.3 Å². The average molecular weight is 286 g/mol. The Kier molecular flexibility index (Phi) is 3.42. The van der Waals surface area contributed by atoms with Crippen LogP contribution in [0.15, 0.2) is 35.7 Å². The fourth-order valence-corrected chi connectivity index (χ4v) is 3.53. The van der Waals surface area contributed by atoms with Gasteiger partial charge in [-0.3, -0.25) is 0 Å². The molecule has 1 nitrogen and oxygen atoms in total. The van der Waals surface area contributed by atoms with Crippen molar-refractivity contribution in [1.29, 1.82) is 5.26 Å². The van der Waals surface area contributed by atoms with Crippen molar-refractivity contribution in [2.24, 2.45) is 0 Å². The van der Waals surface area contributed by atoms with E-state index in [1.54, 1.807) is 0 Å². The maximum Gasteiger partial charge on any atom is 0.102 e. The van der Waals surface area contributed by atoms with Crippen molar-refractivity contribution in [2.75, 3.05) is 0 Å². The van der Waals surface area contributed by atoms with Gasteiger partial charge in [-0.25, -0.2) is 0 Å². The lowest BCUT2D eigenvalue weighted by molar-refractivity contribution is 0.912. The van der Waals surface area contributed by atoms with Gasteiger partial charge in [-0.2, -0.15) is 5.26 Å². The van der Waals surface area contributed by atoms with E-state index in [2.05, 4.69) is 18.2 Å². The normalized spacial score (nSPS) is 14.7. The highest BCUT2D eigenvalue weighted by Crippen LogP contribution is 2.33. The van der Waals surface area contributed by atoms with Gasteiger partial charge in [0.1, 0.15) is 6.07 Å². The SMILES string of the molecule is N#CC(=C(Cl)c1ccc2c(c1)CCC2)c1cccs1. The molecule has 1 aliphatic carbocycles. The Morgan fingerprint density at radius 1 is 1.21 bits per heavy atom. The first-order valence-corrected chi connectivity index (χ1v) is 7.51. The average Bonchev–Trinajstić information content (AvgIpc) is 3.09. The van der Waals surface area contributed by atoms with Crippen LogP contribution in [-0.4, -0.2) is 0 Å². The van der Waals surface area contributed by atoms with Gasteiger partial charge in [0.05, 0.1) is 10.6 Å². The van der Waals surface area contributed by atoms with Crippen LogP contribution in [0, 0.1) is 11.3 Å². The summed E-state index contributed by atoms with van der Waals surface area (Å²) >= 11 is 7.97. The predicted octanol–water partition coefficient (Wildman–Crippen LogP) is 4.87. The Bertz CT molecular complexity index is 677. The highest BCUT2D eigenvalue weighted by molar-refractivity contribution is 7.11. The fourth-order valence-electron chi connectivity index (χ4n) is 2.49. The summed E-state index contributed by atoms with van der Waals surface area (Å²) in [5.74, 6) is 0. The Labute approximate surface area is 121 Å². The molecule has 0 fully saturated rings. The summed E-state index contributed by atoms with van der Waals surface area (Å²) in [7, 11) is 0. The number of fused-ring (bicyclic) bond motifs is 1. The number of hydrogen-bond acceptors (Lipinski definition) is 2. The molecule has 1 aromatic heterocycles. The molecule has 0 spiro atoms. The van der Waals surface area contributed by atoms with Crippen LogP contribution in [0.3, 0.4) is 0 Å². The van der Waals surface area contributed by atoms with E-state index in [1.807, 2.05) is 23.6 Å². The van der Waals surface area contributed by atoms with E-state index in [9.17, 15) is 5.26 Å². The third kappa shape index (κ3) is 2.32. The quantitative estimate of drug-likeness (QED) is 0.722. The van der Waals surface area contributed by atoms with Crippen molar-refractivity contribution >= 4 is 33.5 Å². The number of nitrogens with zero attached hydrogens (tertiary/aromatic N) is 1. The van der Waals surface area contributed by atoms with Crippen LogP contribution in [0.1, 0.15) is 28.0 Å². The number of thiophene rings is 1. The molecule has 0 atom stereocenters. The van der Waals surface area contributed by atoms with Gasteiger partial charge < -0.3 is 0 Å². The molecule has 0 saturated heterocycles. The van der Waals surface area contributed by atoms with Gasteiger partial charge in [-0.05, 0) is 53.5 Å². The number of hydrogen-bond donors (Lipinski definition) is 0. The van der Waals surface area contributed by atoms with E-state index >= 15 is 0 Å². The van der Waals surface area contributed by atoms with Crippen LogP contribution >= 0.6 is 22.9 Å². The van der Waals surface area contributed by atoms with E-state index in [4.69, 9.17) is 11.6 Å². The van der Waals surface area contributed by atoms with Crippen LogP contribution in [0.25, 0.3) is 10.6 Å². The fraction of sp³-hybridized carbons (Fsp3) is 0.188. The van der Waals surface area contributed by atoms with Crippen LogP contribution in [0.2, 0.25) is 0 Å². The molecule has 3 heteroatoms. The smallest absolute Gasteiger partial charge is 0.102 e. The molecule has 0 saturated carbocycles. The molecular formula is C16H12ClNS. The van der Waals surface area contributed by atoms with Gasteiger partial charge in [0.2, 0.25) is 0 Å². The van der Waals surface area contributed by atoms with Gasteiger partial charge in [-0.1, -0.05) is 29.8 Å². The summed E-state index contributed by atoms with van der Waals surface area (Å²) in [6, 6.07) is 12.4. The lowest BCUT2D eigenvalue weighted by Crippen LogP contribution is -1.88. The van der Waals surface area contributed by atoms with Crippen molar-refractivity contribution in [2.45, 2.75) is 19.3 Å². The van der Waals surface area contributed by atoms with Gasteiger partial charge in [0.15, 0.2) is 0 Å². The maximum atomic E-state index is 9.34. The predicted molar refractivity (Wildman–Crippen MR) is 81.1 cm³/mol. The molecule has 1 aromatic carbocycles. The molecule has 0 radical (unpaired) electrons. The first-order chi connectivity index (χ1) is 9.29. The van der Waals surface area contributed by atoms with Gasteiger partial charge >= 0.3 is 0 Å². The molecule has 2 aromatic rings. The van der Waals surface area contributed by atoms with Crippen molar-refractivity contribution in [3.8, 4) is 6.07 Å². The van der Waals surface area contributed by atoms with Gasteiger partial charge in [0.25, 0.3) is 0 Å². The lowest BCUT2D eigenvalue weighted by Gasteiger charge is -2.05. The zero-order valence-corrected chi connectivity index (χ0v) is 11.9. The summed E-state index contributed by atoms with van der Waals surface area (Å²) in [5, 5.41) is 11.9. The standard InChI is InChI=1S/C16H12ClNS/c17-16(14(10-18)15-5-2-8-19-15)13-7-6-11-3-1-4-12(11)9-13/h2,5-9H,1,3-4H2. The summed E-state index contributed by atoms with van der Waals surface area (Å²) < 4.78 is 0. The third-order valence-corrected chi connectivity index (χ3v) is 4.75. The number of rotatable bonds is 2. The van der Waals surface area contributed by atoms with Crippen LogP contribution in [0.4, 0.5) is 0 Å². The van der Waals surface area contributed by atoms with Crippen LogP contribution in [0.5, 0.6) is 0 Å². The monoisotopic (exact) mass is 285 g/mol. The summed E-state index contributed by atoms with van der Waals surface area (Å²) in [4.78, 5) is 0.924. The van der Waals surface area contributed by atoms with Crippen LogP contribution < -0.4 is 0 Å². The molecule has 0 unspecified atom stereocenters. The molecule has 94 valence electrons. The zero-order valence-electron chi connectivity index (χ0n) is 10.3. The molecule has 3 rings (SSSR count).